The minimum absolute atomic E-state index is 0.0741. The van der Waals surface area contributed by atoms with E-state index >= 15 is 0 Å². The molecule has 242 valence electrons. The SMILES string of the molecule is O=S(=O)(O)c1ccccc1.c1ccc(P(=[N+]=P(c2ccccc2)(c2ccccc2)c2ccccc2)(c2ccccc2)c2ccccc2)cc1. The van der Waals surface area contributed by atoms with Crippen LogP contribution in [-0.2, 0) is 10.1 Å². The van der Waals surface area contributed by atoms with Crippen LogP contribution >= 0.6 is 14.1 Å². The summed E-state index contributed by atoms with van der Waals surface area (Å²) in [7, 11) is -9.00. The summed E-state index contributed by atoms with van der Waals surface area (Å²) in [5.74, 6) is 0. The van der Waals surface area contributed by atoms with Crippen LogP contribution in [0, 0.1) is 0 Å². The van der Waals surface area contributed by atoms with Gasteiger partial charge < -0.3 is 0 Å². The molecule has 7 heteroatoms. The quantitative estimate of drug-likeness (QED) is 0.108. The highest BCUT2D eigenvalue weighted by Crippen LogP contribution is 2.50. The highest BCUT2D eigenvalue weighted by molar-refractivity contribution is 7.94. The Labute approximate surface area is 289 Å². The van der Waals surface area contributed by atoms with E-state index in [0.29, 0.717) is 0 Å². The van der Waals surface area contributed by atoms with Crippen molar-refractivity contribution in [2.45, 2.75) is 4.90 Å². The minimum atomic E-state index is -4.00. The summed E-state index contributed by atoms with van der Waals surface area (Å²) >= 11 is 0. The average Bonchev–Trinajstić information content (AvgIpc) is 3.18. The first kappa shape index (κ1) is 33.9. The number of benzene rings is 7. The van der Waals surface area contributed by atoms with Crippen molar-refractivity contribution in [1.82, 2.24) is 4.17 Å². The fraction of sp³-hybridized carbons (Fsp3) is 0. The maximum absolute atomic E-state index is 10.4. The van der Waals surface area contributed by atoms with Gasteiger partial charge in [-0.05, 0) is 84.9 Å². The Bertz CT molecular complexity index is 1980. The predicted molar refractivity (Wildman–Crippen MR) is 209 cm³/mol. The topological polar surface area (TPSA) is 68.5 Å². The fourth-order valence-electron chi connectivity index (χ4n) is 5.86. The molecule has 0 spiro atoms. The smallest absolute Gasteiger partial charge is 0.282 e. The van der Waals surface area contributed by atoms with Crippen LogP contribution in [0.25, 0.3) is 0 Å². The van der Waals surface area contributed by atoms with Crippen molar-refractivity contribution in [3.05, 3.63) is 212 Å². The lowest BCUT2D eigenvalue weighted by Crippen LogP contribution is -2.31. The Morgan fingerprint density at radius 1 is 0.327 bits per heavy atom. The Balaban J connectivity index is 0.000000359. The van der Waals surface area contributed by atoms with Gasteiger partial charge >= 0.3 is 14.1 Å². The molecule has 0 heterocycles. The van der Waals surface area contributed by atoms with Gasteiger partial charge in [0.15, 0.2) is 0 Å². The summed E-state index contributed by atoms with van der Waals surface area (Å²) in [4.78, 5) is -0.0741. The van der Waals surface area contributed by atoms with Crippen molar-refractivity contribution >= 4 is 56.1 Å². The third-order valence-corrected chi connectivity index (χ3v) is 17.4. The Kier molecular flexibility index (Phi) is 10.7. The molecule has 4 nitrogen and oxygen atoms in total. The van der Waals surface area contributed by atoms with Gasteiger partial charge in [-0.3, -0.25) is 4.55 Å². The van der Waals surface area contributed by atoms with E-state index in [2.05, 4.69) is 182 Å². The molecule has 0 aliphatic carbocycles. The molecule has 0 atom stereocenters. The van der Waals surface area contributed by atoms with E-state index in [4.69, 9.17) is 8.73 Å². The van der Waals surface area contributed by atoms with E-state index in [0.717, 1.165) is 0 Å². The first-order valence-corrected chi connectivity index (χ1v) is 20.8. The van der Waals surface area contributed by atoms with Gasteiger partial charge in [0.25, 0.3) is 10.1 Å². The molecule has 0 saturated carbocycles. The van der Waals surface area contributed by atoms with Crippen molar-refractivity contribution in [1.29, 1.82) is 0 Å². The largest absolute Gasteiger partial charge is 0.301 e. The van der Waals surface area contributed by atoms with Crippen LogP contribution in [0.2, 0.25) is 0 Å². The second kappa shape index (κ2) is 15.5. The molecule has 0 aromatic heterocycles. The molecule has 0 aliphatic heterocycles. The van der Waals surface area contributed by atoms with Crippen LogP contribution in [-0.4, -0.2) is 13.0 Å². The number of rotatable bonds is 7. The van der Waals surface area contributed by atoms with Crippen molar-refractivity contribution in [2.24, 2.45) is 0 Å². The van der Waals surface area contributed by atoms with Crippen LogP contribution < -0.4 is 36.0 Å². The van der Waals surface area contributed by atoms with Gasteiger partial charge in [0.2, 0.25) is 0 Å². The zero-order chi connectivity index (χ0) is 34.0. The van der Waals surface area contributed by atoms with Crippen molar-refractivity contribution in [3.8, 4) is 0 Å². The third kappa shape index (κ3) is 7.38. The molecule has 0 unspecified atom stereocenters. The first-order valence-electron chi connectivity index (χ1n) is 15.8. The summed E-state index contributed by atoms with van der Waals surface area (Å²) in [6.45, 7) is 0. The number of nitrogens with zero attached hydrogens (tertiary/aromatic N) is 1. The lowest BCUT2D eigenvalue weighted by atomic mass is 10.4. The van der Waals surface area contributed by atoms with Crippen LogP contribution in [0.15, 0.2) is 217 Å². The molecule has 0 bridgehead atoms. The van der Waals surface area contributed by atoms with Gasteiger partial charge in [-0.25, -0.2) is 0 Å². The maximum Gasteiger partial charge on any atom is 0.301 e. The van der Waals surface area contributed by atoms with Gasteiger partial charge in [-0.2, -0.15) is 8.42 Å². The van der Waals surface area contributed by atoms with Crippen LogP contribution in [0.5, 0.6) is 0 Å². The Hall–Kier alpha value is -4.98. The Morgan fingerprint density at radius 2 is 0.510 bits per heavy atom. The molecular formula is C42H36NO3P2S+. The van der Waals surface area contributed by atoms with E-state index in [-0.39, 0.29) is 4.90 Å². The van der Waals surface area contributed by atoms with E-state index in [1.165, 1.54) is 44.0 Å². The molecule has 0 saturated heterocycles. The van der Waals surface area contributed by atoms with Crippen LogP contribution in [0.1, 0.15) is 0 Å². The molecule has 7 aromatic rings. The molecule has 0 radical (unpaired) electrons. The monoisotopic (exact) mass is 696 g/mol. The third-order valence-electron chi connectivity index (χ3n) is 8.09. The molecule has 1 N–H and O–H groups in total. The van der Waals surface area contributed by atoms with Gasteiger partial charge in [0.1, 0.15) is 0 Å². The number of hydrogen-bond donors (Lipinski definition) is 1. The van der Waals surface area contributed by atoms with E-state index in [1.807, 2.05) is 0 Å². The van der Waals surface area contributed by atoms with Gasteiger partial charge in [0, 0.05) is 0 Å². The second-order valence-electron chi connectivity index (χ2n) is 11.2. The van der Waals surface area contributed by atoms with E-state index in [1.54, 1.807) is 18.2 Å². The fourth-order valence-corrected chi connectivity index (χ4v) is 15.9. The standard InChI is InChI=1S/C36H30NP2.C6H6O3S/c1-7-19-31(20-8-1)38(32-21-9-2-10-22-32,33-23-11-3-12-24-33)37-39(34-25-13-4-14-26-34,35-27-15-5-16-28-35)36-29-17-6-18-30-36;7-10(8,9)6-4-2-1-3-5-6/h1-30H;1-5H,(H,7,8,9)/q+1;. The Morgan fingerprint density at radius 3 is 0.673 bits per heavy atom. The minimum Gasteiger partial charge on any atom is -0.282 e. The average molecular weight is 697 g/mol. The van der Waals surface area contributed by atoms with Crippen LogP contribution in [0.4, 0.5) is 0 Å². The summed E-state index contributed by atoms with van der Waals surface area (Å²) in [6.07, 6.45) is 0. The molecular weight excluding hydrogens is 660 g/mol. The molecule has 7 aromatic carbocycles. The molecule has 7 rings (SSSR count). The lowest BCUT2D eigenvalue weighted by Gasteiger charge is -2.20. The normalized spacial score (nSPS) is 11.4. The highest BCUT2D eigenvalue weighted by atomic mass is 32.2. The zero-order valence-corrected chi connectivity index (χ0v) is 29.3. The molecule has 0 aliphatic rings. The zero-order valence-electron chi connectivity index (χ0n) is 26.7. The number of hydrogen-bond acceptors (Lipinski definition) is 2. The molecule has 0 amide bonds. The summed E-state index contributed by atoms with van der Waals surface area (Å²) < 4.78 is 35.6. The predicted octanol–water partition coefficient (Wildman–Crippen LogP) is 7.34. The van der Waals surface area contributed by atoms with Gasteiger partial charge in [-0.1, -0.05) is 127 Å². The molecule has 49 heavy (non-hydrogen) atoms. The second-order valence-corrected chi connectivity index (χ2v) is 18.9. The van der Waals surface area contributed by atoms with Crippen molar-refractivity contribution in [3.63, 3.8) is 0 Å². The van der Waals surface area contributed by atoms with E-state index in [9.17, 15) is 8.42 Å². The van der Waals surface area contributed by atoms with Gasteiger partial charge in [-0.15, -0.1) is 4.17 Å². The highest BCUT2D eigenvalue weighted by Gasteiger charge is 2.44. The lowest BCUT2D eigenvalue weighted by molar-refractivity contribution is 0.483. The van der Waals surface area contributed by atoms with E-state index < -0.39 is 24.2 Å². The molecule has 0 fully saturated rings. The van der Waals surface area contributed by atoms with Gasteiger partial charge in [0.05, 0.1) is 36.7 Å². The first-order chi connectivity index (χ1) is 23.9. The van der Waals surface area contributed by atoms with Crippen molar-refractivity contribution in [2.75, 3.05) is 0 Å². The summed E-state index contributed by atoms with van der Waals surface area (Å²) in [5.41, 5.74) is 0. The van der Waals surface area contributed by atoms with Crippen molar-refractivity contribution < 1.29 is 13.0 Å². The maximum atomic E-state index is 10.4. The summed E-state index contributed by atoms with van der Waals surface area (Å²) in [5, 5.41) is 7.55. The van der Waals surface area contributed by atoms with Crippen LogP contribution in [0.3, 0.4) is 0 Å². The summed E-state index contributed by atoms with van der Waals surface area (Å²) in [6, 6.07) is 73.1.